The topological polar surface area (TPSA) is 144 Å². The van der Waals surface area contributed by atoms with E-state index in [4.69, 9.17) is 14.2 Å². The van der Waals surface area contributed by atoms with Crippen LogP contribution in [0.5, 0.6) is 11.5 Å². The van der Waals surface area contributed by atoms with Crippen molar-refractivity contribution in [1.29, 1.82) is 0 Å². The average molecular weight is 508 g/mol. The maximum Gasteiger partial charge on any atom is 0.167 e. The molecule has 0 saturated carbocycles. The van der Waals surface area contributed by atoms with Gasteiger partial charge in [-0.3, -0.25) is 4.57 Å². The minimum atomic E-state index is -1.26. The van der Waals surface area contributed by atoms with Crippen LogP contribution in [0.1, 0.15) is 29.0 Å². The first kappa shape index (κ1) is 24.9. The number of aliphatic hydroxyl groups excluding tert-OH is 3. The molecule has 0 spiro atoms. The molecule has 4 N–H and O–H groups in total. The summed E-state index contributed by atoms with van der Waals surface area (Å²) >= 11 is 0. The van der Waals surface area contributed by atoms with Gasteiger partial charge < -0.3 is 34.8 Å². The van der Waals surface area contributed by atoms with Gasteiger partial charge in [-0.25, -0.2) is 15.0 Å². The lowest BCUT2D eigenvalue weighted by Crippen LogP contribution is -2.33. The van der Waals surface area contributed by atoms with Crippen LogP contribution >= 0.6 is 0 Å². The monoisotopic (exact) mass is 507 g/mol. The SMILES string of the molecule is COc1cc(OC)cc(C(Nc2ncnc3c2ncn3[C@@H]2O[C@H](CO)[C@@H](O)[C@H]2O)c2ccccc2C)c1. The van der Waals surface area contributed by atoms with Crippen LogP contribution in [0.25, 0.3) is 11.2 Å². The number of methoxy groups -OCH3 is 2. The normalized spacial score (nSPS) is 22.2. The van der Waals surface area contributed by atoms with E-state index in [1.54, 1.807) is 14.2 Å². The maximum atomic E-state index is 10.5. The first-order valence-electron chi connectivity index (χ1n) is 11.8. The van der Waals surface area contributed by atoms with Gasteiger partial charge in [0.2, 0.25) is 0 Å². The quantitative estimate of drug-likeness (QED) is 0.279. The summed E-state index contributed by atoms with van der Waals surface area (Å²) in [6.45, 7) is 1.61. The van der Waals surface area contributed by atoms with Crippen molar-refractivity contribution >= 4 is 17.0 Å². The van der Waals surface area contributed by atoms with Gasteiger partial charge in [0.05, 0.1) is 33.2 Å². The zero-order chi connectivity index (χ0) is 26.1. The van der Waals surface area contributed by atoms with Gasteiger partial charge in [-0.2, -0.15) is 0 Å². The predicted octanol–water partition coefficient (Wildman–Crippen LogP) is 1.96. The van der Waals surface area contributed by atoms with Crippen molar-refractivity contribution < 1.29 is 29.5 Å². The Morgan fingerprint density at radius 1 is 1.03 bits per heavy atom. The molecule has 3 heterocycles. The number of aromatic nitrogens is 4. The Morgan fingerprint density at radius 3 is 2.41 bits per heavy atom. The van der Waals surface area contributed by atoms with Gasteiger partial charge in [-0.05, 0) is 35.7 Å². The van der Waals surface area contributed by atoms with E-state index in [-0.39, 0.29) is 6.04 Å². The molecule has 1 aliphatic heterocycles. The first-order valence-corrected chi connectivity index (χ1v) is 11.8. The number of anilines is 1. The highest BCUT2D eigenvalue weighted by Crippen LogP contribution is 2.36. The van der Waals surface area contributed by atoms with Gasteiger partial charge in [-0.15, -0.1) is 0 Å². The second-order valence-corrected chi connectivity index (χ2v) is 8.86. The van der Waals surface area contributed by atoms with E-state index >= 15 is 0 Å². The van der Waals surface area contributed by atoms with Gasteiger partial charge in [0, 0.05) is 6.07 Å². The highest BCUT2D eigenvalue weighted by atomic mass is 16.6. The number of hydrogen-bond acceptors (Lipinski definition) is 10. The summed E-state index contributed by atoms with van der Waals surface area (Å²) < 4.78 is 18.2. The van der Waals surface area contributed by atoms with Crippen LogP contribution in [0.4, 0.5) is 5.82 Å². The van der Waals surface area contributed by atoms with Crippen LogP contribution in [0, 0.1) is 6.92 Å². The molecular formula is C26H29N5O6. The Kier molecular flexibility index (Phi) is 6.94. The number of aliphatic hydroxyl groups is 3. The fourth-order valence-corrected chi connectivity index (χ4v) is 4.64. The zero-order valence-corrected chi connectivity index (χ0v) is 20.6. The smallest absolute Gasteiger partial charge is 0.167 e. The molecule has 0 bridgehead atoms. The molecule has 2 aromatic carbocycles. The number of fused-ring (bicyclic) bond motifs is 1. The standard InChI is InChI=1S/C26H29N5O6/c1-14-6-4-5-7-18(14)20(15-8-16(35-2)10-17(9-15)36-3)30-24-21-25(28-12-27-24)31(13-29-21)26-23(34)22(33)19(11-32)37-26/h4-10,12-13,19-20,22-23,26,32-34H,11H2,1-3H3,(H,27,28,30)/t19-,20?,22-,23-,26-/m1/s1. The molecule has 0 amide bonds. The summed E-state index contributed by atoms with van der Waals surface area (Å²) in [7, 11) is 3.21. The lowest BCUT2D eigenvalue weighted by molar-refractivity contribution is -0.0511. The minimum Gasteiger partial charge on any atom is -0.497 e. The van der Waals surface area contributed by atoms with Gasteiger partial charge >= 0.3 is 0 Å². The lowest BCUT2D eigenvalue weighted by Gasteiger charge is -2.23. The Morgan fingerprint density at radius 2 is 1.76 bits per heavy atom. The van der Waals surface area contributed by atoms with Crippen LogP contribution in [0.15, 0.2) is 55.1 Å². The largest absolute Gasteiger partial charge is 0.497 e. The molecule has 0 aliphatic carbocycles. The fourth-order valence-electron chi connectivity index (χ4n) is 4.64. The number of ether oxygens (including phenoxy) is 3. The molecule has 1 saturated heterocycles. The van der Waals surface area contributed by atoms with E-state index in [0.717, 1.165) is 16.7 Å². The molecule has 1 fully saturated rings. The third-order valence-corrected chi connectivity index (χ3v) is 6.64. The van der Waals surface area contributed by atoms with Crippen LogP contribution in [0.2, 0.25) is 0 Å². The number of nitrogens with zero attached hydrogens (tertiary/aromatic N) is 4. The van der Waals surface area contributed by atoms with Gasteiger partial charge in [0.25, 0.3) is 0 Å². The molecule has 37 heavy (non-hydrogen) atoms. The van der Waals surface area contributed by atoms with E-state index in [1.807, 2.05) is 49.4 Å². The Balaban J connectivity index is 1.58. The van der Waals surface area contributed by atoms with Crippen molar-refractivity contribution in [3.05, 3.63) is 71.8 Å². The van der Waals surface area contributed by atoms with Gasteiger partial charge in [-0.1, -0.05) is 24.3 Å². The van der Waals surface area contributed by atoms with E-state index in [9.17, 15) is 15.3 Å². The molecular weight excluding hydrogens is 478 g/mol. The fraction of sp³-hybridized carbons (Fsp3) is 0.346. The third kappa shape index (κ3) is 4.58. The minimum absolute atomic E-state index is 0.345. The number of rotatable bonds is 8. The van der Waals surface area contributed by atoms with E-state index in [0.29, 0.717) is 28.5 Å². The molecule has 1 aliphatic rings. The first-order chi connectivity index (χ1) is 17.9. The summed E-state index contributed by atoms with van der Waals surface area (Å²) in [4.78, 5) is 13.3. The van der Waals surface area contributed by atoms with Crippen molar-refractivity contribution in [2.45, 2.75) is 37.5 Å². The second kappa shape index (κ2) is 10.3. The number of nitrogens with one attached hydrogen (secondary N) is 1. The van der Waals surface area contributed by atoms with Crippen LogP contribution < -0.4 is 14.8 Å². The van der Waals surface area contributed by atoms with Crippen LogP contribution in [-0.2, 0) is 4.74 Å². The van der Waals surface area contributed by atoms with Crippen molar-refractivity contribution in [3.8, 4) is 11.5 Å². The highest BCUT2D eigenvalue weighted by molar-refractivity contribution is 5.83. The molecule has 5 atom stereocenters. The van der Waals surface area contributed by atoms with Gasteiger partial charge in [0.15, 0.2) is 23.2 Å². The van der Waals surface area contributed by atoms with Crippen molar-refractivity contribution in [1.82, 2.24) is 19.5 Å². The van der Waals surface area contributed by atoms with E-state index in [2.05, 4.69) is 20.3 Å². The Bertz CT molecular complexity index is 1370. The molecule has 2 aromatic heterocycles. The van der Waals surface area contributed by atoms with Crippen molar-refractivity contribution in [2.75, 3.05) is 26.1 Å². The summed E-state index contributed by atoms with van der Waals surface area (Å²) in [6.07, 6.45) is -1.50. The molecule has 11 nitrogen and oxygen atoms in total. The molecule has 194 valence electrons. The van der Waals surface area contributed by atoms with Crippen LogP contribution in [-0.4, -0.2) is 74.0 Å². The summed E-state index contributed by atoms with van der Waals surface area (Å²) in [6, 6.07) is 13.4. The van der Waals surface area contributed by atoms with Crippen LogP contribution in [0.3, 0.4) is 0 Å². The van der Waals surface area contributed by atoms with Crippen molar-refractivity contribution in [2.24, 2.45) is 0 Å². The molecule has 5 rings (SSSR count). The number of imidazole rings is 1. The summed E-state index contributed by atoms with van der Waals surface area (Å²) in [5, 5.41) is 33.7. The number of hydrogen-bond donors (Lipinski definition) is 4. The molecule has 1 unspecified atom stereocenters. The predicted molar refractivity (Wildman–Crippen MR) is 135 cm³/mol. The molecule has 4 aromatic rings. The number of aryl methyl sites for hydroxylation is 1. The van der Waals surface area contributed by atoms with Crippen molar-refractivity contribution in [3.63, 3.8) is 0 Å². The van der Waals surface area contributed by atoms with E-state index in [1.165, 1.54) is 17.2 Å². The average Bonchev–Trinajstić information content (AvgIpc) is 3.48. The Hall–Kier alpha value is -3.77. The zero-order valence-electron chi connectivity index (χ0n) is 20.6. The molecule has 11 heteroatoms. The summed E-state index contributed by atoms with van der Waals surface area (Å²) in [5.74, 6) is 1.76. The van der Waals surface area contributed by atoms with Gasteiger partial charge in [0.1, 0.15) is 36.1 Å². The molecule has 0 radical (unpaired) electrons. The number of benzene rings is 2. The summed E-state index contributed by atoms with van der Waals surface area (Å²) in [5.41, 5.74) is 3.84. The van der Waals surface area contributed by atoms with E-state index < -0.39 is 31.1 Å². The Labute approximate surface area is 213 Å². The third-order valence-electron chi connectivity index (χ3n) is 6.64. The maximum absolute atomic E-state index is 10.5. The lowest BCUT2D eigenvalue weighted by atomic mass is 9.94. The second-order valence-electron chi connectivity index (χ2n) is 8.86. The highest BCUT2D eigenvalue weighted by Gasteiger charge is 2.44.